The van der Waals surface area contributed by atoms with Crippen LogP contribution in [0.4, 0.5) is 0 Å². The van der Waals surface area contributed by atoms with Gasteiger partial charge in [0, 0.05) is 11.8 Å². The van der Waals surface area contributed by atoms with E-state index in [4.69, 9.17) is 0 Å². The third-order valence-corrected chi connectivity index (χ3v) is 11.2. The minimum absolute atomic E-state index is 0.0389. The molecule has 0 aromatic heterocycles. The summed E-state index contributed by atoms with van der Waals surface area (Å²) in [6, 6.07) is 1.95. The van der Waals surface area contributed by atoms with Crippen LogP contribution >= 0.6 is 0 Å². The molecule has 4 bridgehead atoms. The minimum atomic E-state index is -3.50. The summed E-state index contributed by atoms with van der Waals surface area (Å²) < 4.78 is 0. The van der Waals surface area contributed by atoms with Crippen LogP contribution in [-0.2, 0) is 9.59 Å². The molecule has 220 valence electrons. The number of carbonyl (C=O) groups is 5. The smallest absolute Gasteiger partial charge is 0.207 e. The van der Waals surface area contributed by atoms with E-state index in [0.29, 0.717) is 0 Å². The number of rotatable bonds is 0. The molecule has 4 saturated carbocycles. The summed E-state index contributed by atoms with van der Waals surface area (Å²) in [4.78, 5) is 72.4. The van der Waals surface area contributed by atoms with Gasteiger partial charge in [-0.3, -0.25) is 24.0 Å². The van der Waals surface area contributed by atoms with Crippen LogP contribution in [0.1, 0.15) is 47.8 Å². The number of fused-ring (bicyclic) bond motifs is 4. The van der Waals surface area contributed by atoms with Gasteiger partial charge >= 0.3 is 0 Å². The Hall–Kier alpha value is -4.59. The van der Waals surface area contributed by atoms with Gasteiger partial charge < -0.3 is 40.9 Å². The van der Waals surface area contributed by atoms with Crippen molar-refractivity contribution in [1.29, 1.82) is 0 Å². The zero-order valence-corrected chi connectivity index (χ0v) is 22.2. The van der Waals surface area contributed by atoms with Crippen LogP contribution in [0.5, 0.6) is 23.0 Å². The molecule has 0 amide bonds. The van der Waals surface area contributed by atoms with E-state index in [1.807, 2.05) is 0 Å². The maximum Gasteiger partial charge on any atom is 0.207 e. The second kappa shape index (κ2) is 6.96. The summed E-state index contributed by atoms with van der Waals surface area (Å²) in [5.41, 5.74) is -13.2. The zero-order chi connectivity index (χ0) is 31.2. The fourth-order valence-corrected chi connectivity index (χ4v) is 9.88. The largest absolute Gasteiger partial charge is 0.507 e. The number of hydrogen-bond donors (Lipinski definition) is 8. The molecule has 13 heteroatoms. The Balaban J connectivity index is 1.57. The van der Waals surface area contributed by atoms with Crippen LogP contribution in [0.2, 0.25) is 0 Å². The molecule has 0 radical (unpaired) electrons. The molecule has 7 unspecified atom stereocenters. The molecule has 9 atom stereocenters. The van der Waals surface area contributed by atoms with Crippen LogP contribution in [0.25, 0.3) is 5.76 Å². The molecule has 2 aromatic rings. The normalized spacial score (nSPS) is 39.7. The third-order valence-electron chi connectivity index (χ3n) is 11.2. The van der Waals surface area contributed by atoms with Gasteiger partial charge in [-0.25, -0.2) is 0 Å². The molecule has 0 aliphatic heterocycles. The molecule has 13 nitrogen and oxygen atoms in total. The van der Waals surface area contributed by atoms with E-state index >= 15 is 0 Å². The molecule has 6 aliphatic rings. The summed E-state index contributed by atoms with van der Waals surface area (Å²) in [5, 5.41) is 90.5. The lowest BCUT2D eigenvalue weighted by molar-refractivity contribution is -0.181. The van der Waals surface area contributed by atoms with Gasteiger partial charge in [-0.1, -0.05) is 0 Å². The van der Waals surface area contributed by atoms with Crippen molar-refractivity contribution < 1.29 is 64.8 Å². The summed E-state index contributed by atoms with van der Waals surface area (Å²) >= 11 is 0. The number of aryl methyl sites for hydroxylation is 2. The second-order valence-corrected chi connectivity index (χ2v) is 12.5. The van der Waals surface area contributed by atoms with Crippen molar-refractivity contribution in [3.63, 3.8) is 0 Å². The fraction of sp³-hybridized carbons (Fsp3) is 0.367. The summed E-state index contributed by atoms with van der Waals surface area (Å²) in [5.74, 6) is -19.2. The average molecular weight is 590 g/mol. The quantitative estimate of drug-likeness (QED) is 0.146. The van der Waals surface area contributed by atoms with E-state index in [2.05, 4.69) is 0 Å². The number of hydrogen-bond acceptors (Lipinski definition) is 13. The molecule has 6 aliphatic carbocycles. The first-order valence-corrected chi connectivity index (χ1v) is 13.4. The minimum Gasteiger partial charge on any atom is -0.507 e. The first-order valence-electron chi connectivity index (χ1n) is 13.4. The molecule has 2 spiro atoms. The van der Waals surface area contributed by atoms with Gasteiger partial charge in [-0.05, 0) is 37.1 Å². The molecule has 8 rings (SSSR count). The molecule has 0 saturated heterocycles. The van der Waals surface area contributed by atoms with Crippen molar-refractivity contribution in [2.75, 3.05) is 0 Å². The third kappa shape index (κ3) is 2.07. The maximum absolute atomic E-state index is 14.6. The van der Waals surface area contributed by atoms with Crippen molar-refractivity contribution in [3.8, 4) is 23.0 Å². The summed E-state index contributed by atoms with van der Waals surface area (Å²) in [7, 11) is 0. The van der Waals surface area contributed by atoms with E-state index in [9.17, 15) is 64.8 Å². The number of phenols is 4. The van der Waals surface area contributed by atoms with Gasteiger partial charge in [0.15, 0.2) is 23.1 Å². The van der Waals surface area contributed by atoms with Crippen LogP contribution < -0.4 is 0 Å². The van der Waals surface area contributed by atoms with Crippen LogP contribution in [0.15, 0.2) is 17.7 Å². The predicted octanol–water partition coefficient (Wildman–Crippen LogP) is -0.246. The number of benzene rings is 2. The molecule has 2 aromatic carbocycles. The predicted molar refractivity (Wildman–Crippen MR) is 137 cm³/mol. The highest BCUT2D eigenvalue weighted by Gasteiger charge is 2.95. The Kier molecular flexibility index (Phi) is 4.22. The zero-order valence-electron chi connectivity index (χ0n) is 22.2. The lowest BCUT2D eigenvalue weighted by atomic mass is 9.42. The van der Waals surface area contributed by atoms with Gasteiger partial charge in [-0.15, -0.1) is 0 Å². The lowest BCUT2D eigenvalue weighted by Crippen LogP contribution is -2.78. The van der Waals surface area contributed by atoms with Gasteiger partial charge in [0.05, 0.1) is 62.7 Å². The first-order chi connectivity index (χ1) is 20.1. The Morgan fingerprint density at radius 3 is 1.74 bits per heavy atom. The van der Waals surface area contributed by atoms with Crippen molar-refractivity contribution in [2.45, 2.75) is 31.7 Å². The van der Waals surface area contributed by atoms with E-state index in [1.54, 1.807) is 0 Å². The number of aromatic hydroxyl groups is 4. The van der Waals surface area contributed by atoms with Crippen molar-refractivity contribution in [3.05, 3.63) is 51.1 Å². The number of carbonyl (C=O) groups excluding carboxylic acids is 5. The van der Waals surface area contributed by atoms with Crippen LogP contribution in [-0.4, -0.2) is 87.6 Å². The fourth-order valence-electron chi connectivity index (χ4n) is 9.88. The Labute approximate surface area is 239 Å². The Bertz CT molecular complexity index is 1940. The monoisotopic (exact) mass is 590 g/mol. The molecule has 8 N–H and O–H groups in total. The van der Waals surface area contributed by atoms with Gasteiger partial charge in [-0.2, -0.15) is 0 Å². The molecule has 0 heterocycles. The standard InChI is InChI=1S/C30H22O13/c1-5-3-7(31)9-11(18(5)33)24(39)28-13-14-22(37)17(28)27(42)30(43)26(41)10-8(32)4-6(2)19(34)12(10)25(40)29(14,30)16(21(13)36)23(38)15(28)20(9)35/h3-4,13-14,16-17,21-22,31-37,43H,1-2H3/t13?,14?,16?,17?,21-,22-,28?,29?,30?/m0/s1. The van der Waals surface area contributed by atoms with E-state index in [-0.39, 0.29) is 11.1 Å². The van der Waals surface area contributed by atoms with Crippen LogP contribution in [0, 0.1) is 48.3 Å². The Morgan fingerprint density at radius 1 is 0.651 bits per heavy atom. The van der Waals surface area contributed by atoms with Crippen LogP contribution in [0.3, 0.4) is 0 Å². The number of Topliss-reactive ketones (excluding diaryl/α,β-unsaturated/α-hetero) is 5. The number of aliphatic hydroxyl groups excluding tert-OH is 3. The van der Waals surface area contributed by atoms with Gasteiger partial charge in [0.1, 0.15) is 28.8 Å². The van der Waals surface area contributed by atoms with Crippen molar-refractivity contribution >= 4 is 34.7 Å². The first kappa shape index (κ1) is 26.1. The molecule has 4 fully saturated rings. The lowest BCUT2D eigenvalue weighted by Gasteiger charge is -2.58. The maximum atomic E-state index is 14.6. The molecular formula is C30H22O13. The highest BCUT2D eigenvalue weighted by atomic mass is 16.3. The van der Waals surface area contributed by atoms with Gasteiger partial charge in [0.25, 0.3) is 0 Å². The number of aliphatic hydroxyl groups is 4. The number of allylic oxidation sites excluding steroid dienone is 1. The summed E-state index contributed by atoms with van der Waals surface area (Å²) in [6.07, 6.45) is -4.09. The van der Waals surface area contributed by atoms with Gasteiger partial charge in [0.2, 0.25) is 11.4 Å². The highest BCUT2D eigenvalue weighted by Crippen LogP contribution is 2.81. The second-order valence-electron chi connectivity index (χ2n) is 12.5. The Morgan fingerprint density at radius 2 is 1.16 bits per heavy atom. The number of ketones is 5. The van der Waals surface area contributed by atoms with E-state index in [0.717, 1.165) is 12.1 Å². The average Bonchev–Trinajstić information content (AvgIpc) is 3.31. The number of phenolic OH excluding ortho intramolecular Hbond substituents is 4. The van der Waals surface area contributed by atoms with Crippen molar-refractivity contribution in [1.82, 2.24) is 0 Å². The van der Waals surface area contributed by atoms with E-state index < -0.39 is 138 Å². The van der Waals surface area contributed by atoms with E-state index in [1.165, 1.54) is 13.8 Å². The molecular weight excluding hydrogens is 568 g/mol. The summed E-state index contributed by atoms with van der Waals surface area (Å²) in [6.45, 7) is 2.60. The topological polar surface area (TPSA) is 247 Å². The SMILES string of the molecule is Cc1cc(O)c2c(c1O)C(=O)C13C(=C2O)C(=O)C2[C@@H](O)C1C1[C@H](O)C3C(=O)C3(O)C(=O)c4c(O)cc(C)c(O)c4C(=O)C213. The highest BCUT2D eigenvalue weighted by molar-refractivity contribution is 6.36. The van der Waals surface area contributed by atoms with Crippen molar-refractivity contribution in [2.24, 2.45) is 34.5 Å². The molecule has 43 heavy (non-hydrogen) atoms.